The third-order valence-electron chi connectivity index (χ3n) is 2.25. The highest BCUT2D eigenvalue weighted by Gasteiger charge is 2.28. The van der Waals surface area contributed by atoms with Crippen LogP contribution in [0.25, 0.3) is 0 Å². The normalized spacial score (nSPS) is 14.4. The SMILES string of the molecule is Cc1nc(/C=N/[S@](=O)C(C)(C)C)ccc1OCC(F)(F)F. The van der Waals surface area contributed by atoms with Gasteiger partial charge in [-0.3, -0.25) is 0 Å². The van der Waals surface area contributed by atoms with E-state index in [1.54, 1.807) is 20.8 Å². The van der Waals surface area contributed by atoms with Crippen LogP contribution in [0.3, 0.4) is 0 Å². The fourth-order valence-corrected chi connectivity index (χ4v) is 1.73. The molecule has 0 aliphatic rings. The maximum absolute atomic E-state index is 12.1. The zero-order valence-corrected chi connectivity index (χ0v) is 13.0. The monoisotopic (exact) mass is 322 g/mol. The van der Waals surface area contributed by atoms with E-state index in [1.165, 1.54) is 25.3 Å². The lowest BCUT2D eigenvalue weighted by Gasteiger charge is -2.13. The van der Waals surface area contributed by atoms with Gasteiger partial charge in [-0.1, -0.05) is 0 Å². The lowest BCUT2D eigenvalue weighted by Crippen LogP contribution is -2.20. The fourth-order valence-electron chi connectivity index (χ4n) is 1.21. The van der Waals surface area contributed by atoms with Crippen LogP contribution in [0, 0.1) is 6.92 Å². The second-order valence-electron chi connectivity index (χ2n) is 5.32. The smallest absolute Gasteiger partial charge is 0.422 e. The molecular formula is C13H17F3N2O2S. The molecule has 0 aromatic carbocycles. The summed E-state index contributed by atoms with van der Waals surface area (Å²) in [6.45, 7) is 5.52. The van der Waals surface area contributed by atoms with Crippen molar-refractivity contribution in [3.8, 4) is 5.75 Å². The van der Waals surface area contributed by atoms with Gasteiger partial charge in [0, 0.05) is 0 Å². The van der Waals surface area contributed by atoms with Crippen LogP contribution in [-0.2, 0) is 11.0 Å². The summed E-state index contributed by atoms with van der Waals surface area (Å²) in [4.78, 5) is 4.05. The van der Waals surface area contributed by atoms with Crippen LogP contribution >= 0.6 is 0 Å². The standard InChI is InChI=1S/C13H17F3N2O2S/c1-9-11(20-8-13(14,15)16)6-5-10(18-9)7-17-21(19)12(2,3)4/h5-7H,8H2,1-4H3/b17-7+/t21-/m1/s1. The molecular weight excluding hydrogens is 305 g/mol. The van der Waals surface area contributed by atoms with Crippen molar-refractivity contribution in [1.29, 1.82) is 0 Å². The molecule has 0 bridgehead atoms. The molecule has 1 atom stereocenters. The van der Waals surface area contributed by atoms with Gasteiger partial charge in [0.15, 0.2) is 6.61 Å². The molecule has 0 spiro atoms. The molecule has 118 valence electrons. The van der Waals surface area contributed by atoms with Crippen molar-refractivity contribution in [3.63, 3.8) is 0 Å². The van der Waals surface area contributed by atoms with Crippen molar-refractivity contribution in [1.82, 2.24) is 4.98 Å². The van der Waals surface area contributed by atoms with Crippen LogP contribution in [0.15, 0.2) is 16.5 Å². The largest absolute Gasteiger partial charge is 0.482 e. The Bertz CT molecular complexity index is 551. The van der Waals surface area contributed by atoms with Crippen molar-refractivity contribution in [3.05, 3.63) is 23.5 Å². The summed E-state index contributed by atoms with van der Waals surface area (Å²) in [5.41, 5.74) is 0.717. The van der Waals surface area contributed by atoms with E-state index in [9.17, 15) is 17.4 Å². The zero-order chi connectivity index (χ0) is 16.3. The summed E-state index contributed by atoms with van der Waals surface area (Å²) in [5, 5.41) is 0. The first kappa shape index (κ1) is 17.6. The molecule has 0 saturated carbocycles. The quantitative estimate of drug-likeness (QED) is 0.800. The van der Waals surface area contributed by atoms with Crippen LogP contribution in [0.4, 0.5) is 13.2 Å². The molecule has 0 saturated heterocycles. The highest BCUT2D eigenvalue weighted by Crippen LogP contribution is 2.20. The van der Waals surface area contributed by atoms with E-state index in [4.69, 9.17) is 0 Å². The van der Waals surface area contributed by atoms with Crippen molar-refractivity contribution in [2.75, 3.05) is 6.61 Å². The highest BCUT2D eigenvalue weighted by molar-refractivity contribution is 7.85. The Hall–Kier alpha value is -1.44. The lowest BCUT2D eigenvalue weighted by atomic mass is 10.3. The summed E-state index contributed by atoms with van der Waals surface area (Å²) in [5.74, 6) is 0.0569. The van der Waals surface area contributed by atoms with E-state index >= 15 is 0 Å². The zero-order valence-electron chi connectivity index (χ0n) is 12.2. The number of aromatic nitrogens is 1. The third-order valence-corrected chi connectivity index (χ3v) is 3.60. The highest BCUT2D eigenvalue weighted by atomic mass is 32.2. The molecule has 0 aliphatic heterocycles. The first-order chi connectivity index (χ1) is 9.49. The number of rotatable bonds is 4. The molecule has 1 aromatic rings. The molecule has 0 fully saturated rings. The van der Waals surface area contributed by atoms with Crippen LogP contribution in [0.5, 0.6) is 5.75 Å². The van der Waals surface area contributed by atoms with Crippen molar-refractivity contribution in [2.45, 2.75) is 38.6 Å². The van der Waals surface area contributed by atoms with Gasteiger partial charge in [-0.05, 0) is 39.8 Å². The predicted octanol–water partition coefficient (Wildman–Crippen LogP) is 3.21. The van der Waals surface area contributed by atoms with Gasteiger partial charge in [0.05, 0.1) is 22.3 Å². The number of alkyl halides is 3. The molecule has 0 unspecified atom stereocenters. The van der Waals surface area contributed by atoms with Crippen molar-refractivity contribution >= 4 is 17.2 Å². The van der Waals surface area contributed by atoms with Gasteiger partial charge in [-0.15, -0.1) is 0 Å². The number of halogens is 3. The minimum absolute atomic E-state index is 0.0569. The lowest BCUT2D eigenvalue weighted by molar-refractivity contribution is -0.153. The van der Waals surface area contributed by atoms with E-state index in [2.05, 4.69) is 14.1 Å². The van der Waals surface area contributed by atoms with Crippen molar-refractivity contribution in [2.24, 2.45) is 4.40 Å². The Morgan fingerprint density at radius 1 is 1.33 bits per heavy atom. The molecule has 0 N–H and O–H groups in total. The van der Waals surface area contributed by atoms with E-state index in [0.29, 0.717) is 11.4 Å². The van der Waals surface area contributed by atoms with Crippen LogP contribution < -0.4 is 4.74 Å². The molecule has 1 heterocycles. The van der Waals surface area contributed by atoms with Gasteiger partial charge in [0.25, 0.3) is 0 Å². The molecule has 1 aromatic heterocycles. The molecule has 0 radical (unpaired) electrons. The van der Waals surface area contributed by atoms with Gasteiger partial charge >= 0.3 is 6.18 Å². The second kappa shape index (κ2) is 6.55. The number of hydrogen-bond acceptors (Lipinski definition) is 3. The number of ether oxygens (including phenoxy) is 1. The Balaban J connectivity index is 2.79. The second-order valence-corrected chi connectivity index (χ2v) is 7.25. The molecule has 4 nitrogen and oxygen atoms in total. The maximum atomic E-state index is 12.1. The number of hydrogen-bond donors (Lipinski definition) is 0. The van der Waals surface area contributed by atoms with Gasteiger partial charge in [-0.25, -0.2) is 9.19 Å². The minimum atomic E-state index is -4.39. The fraction of sp³-hybridized carbons (Fsp3) is 0.538. The summed E-state index contributed by atoms with van der Waals surface area (Å²) >= 11 is 0. The van der Waals surface area contributed by atoms with E-state index < -0.39 is 28.5 Å². The van der Waals surface area contributed by atoms with Crippen molar-refractivity contribution < 1.29 is 22.1 Å². The number of nitrogens with zero attached hydrogens (tertiary/aromatic N) is 2. The van der Waals surface area contributed by atoms with Gasteiger partial charge in [0.2, 0.25) is 0 Å². The summed E-state index contributed by atoms with van der Waals surface area (Å²) in [7, 11) is -1.42. The molecule has 0 aliphatic carbocycles. The first-order valence-corrected chi connectivity index (χ1v) is 7.23. The molecule has 21 heavy (non-hydrogen) atoms. The van der Waals surface area contributed by atoms with Gasteiger partial charge in [0.1, 0.15) is 16.7 Å². The number of pyridine rings is 1. The molecule has 8 heteroatoms. The van der Waals surface area contributed by atoms with Crippen LogP contribution in [0.2, 0.25) is 0 Å². The summed E-state index contributed by atoms with van der Waals surface area (Å²) in [6.07, 6.45) is -3.06. The Labute approximate surface area is 124 Å². The van der Waals surface area contributed by atoms with E-state index in [-0.39, 0.29) is 5.75 Å². The Morgan fingerprint density at radius 2 is 1.95 bits per heavy atom. The maximum Gasteiger partial charge on any atom is 0.422 e. The average Bonchev–Trinajstić information content (AvgIpc) is 2.32. The minimum Gasteiger partial charge on any atom is -0.482 e. The van der Waals surface area contributed by atoms with Gasteiger partial charge < -0.3 is 4.74 Å². The summed E-state index contributed by atoms with van der Waals surface area (Å²) in [6, 6.07) is 2.84. The van der Waals surface area contributed by atoms with Gasteiger partial charge in [-0.2, -0.15) is 17.6 Å². The van der Waals surface area contributed by atoms with E-state index in [1.807, 2.05) is 0 Å². The number of aryl methyl sites for hydroxylation is 1. The summed E-state index contributed by atoms with van der Waals surface area (Å²) < 4.78 is 56.0. The van der Waals surface area contributed by atoms with Crippen LogP contribution in [-0.4, -0.2) is 32.9 Å². The van der Waals surface area contributed by atoms with E-state index in [0.717, 1.165) is 0 Å². The first-order valence-electron chi connectivity index (χ1n) is 6.12. The molecule has 0 amide bonds. The topological polar surface area (TPSA) is 51.5 Å². The third kappa shape index (κ3) is 6.24. The Morgan fingerprint density at radius 3 is 2.43 bits per heavy atom. The average molecular weight is 322 g/mol. The van der Waals surface area contributed by atoms with Crippen LogP contribution in [0.1, 0.15) is 32.2 Å². The Kier molecular flexibility index (Phi) is 5.49. The predicted molar refractivity (Wildman–Crippen MR) is 76.0 cm³/mol. The molecule has 1 rings (SSSR count).